The Hall–Kier alpha value is -2.37. The van der Waals surface area contributed by atoms with E-state index in [1.165, 1.54) is 6.07 Å². The summed E-state index contributed by atoms with van der Waals surface area (Å²) in [6.45, 7) is 1.81. The fraction of sp³-hybridized carbons (Fsp3) is 0.217. The van der Waals surface area contributed by atoms with Gasteiger partial charge >= 0.3 is 0 Å². The molecule has 0 radical (unpaired) electrons. The summed E-state index contributed by atoms with van der Waals surface area (Å²) in [6.07, 6.45) is 0.642. The van der Waals surface area contributed by atoms with E-state index in [1.54, 1.807) is 13.2 Å². The van der Waals surface area contributed by atoms with E-state index in [-0.39, 0.29) is 5.82 Å². The van der Waals surface area contributed by atoms with Crippen molar-refractivity contribution in [2.45, 2.75) is 19.6 Å². The van der Waals surface area contributed by atoms with Crippen molar-refractivity contribution in [3.8, 4) is 11.5 Å². The molecule has 0 fully saturated rings. The highest BCUT2D eigenvalue weighted by atomic mass is 79.9. The van der Waals surface area contributed by atoms with Crippen molar-refractivity contribution in [2.75, 3.05) is 13.7 Å². The highest BCUT2D eigenvalue weighted by Crippen LogP contribution is 2.37. The molecule has 0 heterocycles. The number of methoxy groups -OCH3 is 1. The maximum atomic E-state index is 13.7. The van der Waals surface area contributed by atoms with Crippen LogP contribution in [0.2, 0.25) is 0 Å². The fourth-order valence-electron chi connectivity index (χ4n) is 2.90. The van der Waals surface area contributed by atoms with Crippen molar-refractivity contribution >= 4 is 15.9 Å². The van der Waals surface area contributed by atoms with E-state index >= 15 is 0 Å². The van der Waals surface area contributed by atoms with Gasteiger partial charge in [-0.25, -0.2) is 4.39 Å². The standard InChI is InChI=1S/C23H23BrFNO2/c1-27-22-14-18(15-26-12-11-19-9-5-6-10-21(19)25)13-20(24)23(22)28-16-17-7-3-2-4-8-17/h2-10,13-14,26H,11-12,15-16H2,1H3. The smallest absolute Gasteiger partial charge is 0.175 e. The predicted octanol–water partition coefficient (Wildman–Crippen LogP) is 5.51. The Balaban J connectivity index is 1.58. The van der Waals surface area contributed by atoms with Gasteiger partial charge in [0, 0.05) is 6.54 Å². The summed E-state index contributed by atoms with van der Waals surface area (Å²) in [7, 11) is 1.63. The molecule has 0 spiro atoms. The van der Waals surface area contributed by atoms with Gasteiger partial charge in [-0.3, -0.25) is 0 Å². The molecule has 0 saturated carbocycles. The van der Waals surface area contributed by atoms with Gasteiger partial charge in [0.2, 0.25) is 0 Å². The third kappa shape index (κ3) is 5.57. The Morgan fingerprint density at radius 1 is 0.964 bits per heavy atom. The van der Waals surface area contributed by atoms with Crippen molar-refractivity contribution < 1.29 is 13.9 Å². The third-order valence-corrected chi connectivity index (χ3v) is 4.96. The first kappa shape index (κ1) is 20.4. The maximum absolute atomic E-state index is 13.7. The van der Waals surface area contributed by atoms with Gasteiger partial charge in [-0.2, -0.15) is 0 Å². The molecule has 0 aliphatic carbocycles. The van der Waals surface area contributed by atoms with Gasteiger partial charge in [0.15, 0.2) is 11.5 Å². The minimum absolute atomic E-state index is 0.159. The first-order valence-electron chi connectivity index (χ1n) is 9.14. The number of ether oxygens (including phenoxy) is 2. The van der Waals surface area contributed by atoms with Crippen molar-refractivity contribution in [3.05, 3.63) is 93.7 Å². The van der Waals surface area contributed by atoms with Gasteiger partial charge in [0.25, 0.3) is 0 Å². The normalized spacial score (nSPS) is 10.7. The van der Waals surface area contributed by atoms with Crippen LogP contribution in [-0.2, 0) is 19.6 Å². The highest BCUT2D eigenvalue weighted by molar-refractivity contribution is 9.10. The van der Waals surface area contributed by atoms with Crippen LogP contribution in [0.15, 0.2) is 71.2 Å². The predicted molar refractivity (Wildman–Crippen MR) is 113 cm³/mol. The molecule has 3 aromatic rings. The van der Waals surface area contributed by atoms with E-state index in [9.17, 15) is 4.39 Å². The van der Waals surface area contributed by atoms with E-state index in [0.717, 1.165) is 21.2 Å². The van der Waals surface area contributed by atoms with E-state index in [0.29, 0.717) is 37.6 Å². The Labute approximate surface area is 173 Å². The van der Waals surface area contributed by atoms with Crippen LogP contribution in [0, 0.1) is 5.82 Å². The molecule has 28 heavy (non-hydrogen) atoms. The van der Waals surface area contributed by atoms with Crippen LogP contribution < -0.4 is 14.8 Å². The number of nitrogens with one attached hydrogen (secondary N) is 1. The second-order valence-electron chi connectivity index (χ2n) is 6.40. The topological polar surface area (TPSA) is 30.5 Å². The zero-order valence-corrected chi connectivity index (χ0v) is 17.3. The van der Waals surface area contributed by atoms with E-state index in [1.807, 2.05) is 54.6 Å². The van der Waals surface area contributed by atoms with E-state index in [2.05, 4.69) is 21.2 Å². The van der Waals surface area contributed by atoms with Crippen LogP contribution >= 0.6 is 15.9 Å². The molecule has 3 aromatic carbocycles. The number of hydrogen-bond acceptors (Lipinski definition) is 3. The van der Waals surface area contributed by atoms with E-state index in [4.69, 9.17) is 9.47 Å². The molecule has 3 rings (SSSR count). The minimum Gasteiger partial charge on any atom is -0.493 e. The van der Waals surface area contributed by atoms with Crippen LogP contribution in [-0.4, -0.2) is 13.7 Å². The average molecular weight is 444 g/mol. The zero-order chi connectivity index (χ0) is 19.8. The minimum atomic E-state index is -0.159. The molecule has 0 aliphatic heterocycles. The van der Waals surface area contributed by atoms with Crippen LogP contribution in [0.25, 0.3) is 0 Å². The monoisotopic (exact) mass is 443 g/mol. The summed E-state index contributed by atoms with van der Waals surface area (Å²) in [5.41, 5.74) is 2.87. The number of halogens is 2. The largest absolute Gasteiger partial charge is 0.493 e. The summed E-state index contributed by atoms with van der Waals surface area (Å²) in [5.74, 6) is 1.20. The van der Waals surface area contributed by atoms with Crippen molar-refractivity contribution in [1.82, 2.24) is 5.32 Å². The van der Waals surface area contributed by atoms with Crippen molar-refractivity contribution in [2.24, 2.45) is 0 Å². The fourth-order valence-corrected chi connectivity index (χ4v) is 3.51. The Morgan fingerprint density at radius 3 is 2.46 bits per heavy atom. The lowest BCUT2D eigenvalue weighted by Gasteiger charge is -2.15. The molecule has 5 heteroatoms. The molecule has 0 atom stereocenters. The molecule has 0 bridgehead atoms. The molecule has 0 saturated heterocycles. The van der Waals surface area contributed by atoms with Crippen LogP contribution in [0.1, 0.15) is 16.7 Å². The molecule has 0 amide bonds. The van der Waals surface area contributed by atoms with Crippen molar-refractivity contribution in [1.29, 1.82) is 0 Å². The van der Waals surface area contributed by atoms with Gasteiger partial charge < -0.3 is 14.8 Å². The summed E-state index contributed by atoms with van der Waals surface area (Å²) < 4.78 is 26.0. The van der Waals surface area contributed by atoms with Gasteiger partial charge in [-0.1, -0.05) is 48.5 Å². The van der Waals surface area contributed by atoms with Crippen molar-refractivity contribution in [3.63, 3.8) is 0 Å². The summed E-state index contributed by atoms with van der Waals surface area (Å²) in [4.78, 5) is 0. The van der Waals surface area contributed by atoms with Gasteiger partial charge in [-0.15, -0.1) is 0 Å². The maximum Gasteiger partial charge on any atom is 0.175 e. The number of rotatable bonds is 9. The van der Waals surface area contributed by atoms with E-state index < -0.39 is 0 Å². The van der Waals surface area contributed by atoms with Gasteiger partial charge in [0.05, 0.1) is 11.6 Å². The van der Waals surface area contributed by atoms with Crippen LogP contribution in [0.5, 0.6) is 11.5 Å². The summed E-state index contributed by atoms with van der Waals surface area (Å²) >= 11 is 3.59. The Bertz CT molecular complexity index is 902. The number of hydrogen-bond donors (Lipinski definition) is 1. The third-order valence-electron chi connectivity index (χ3n) is 4.37. The molecule has 0 aliphatic rings. The van der Waals surface area contributed by atoms with Gasteiger partial charge in [0.1, 0.15) is 12.4 Å². The van der Waals surface area contributed by atoms with Crippen LogP contribution in [0.4, 0.5) is 4.39 Å². The SMILES string of the molecule is COc1cc(CNCCc2ccccc2F)cc(Br)c1OCc1ccccc1. The first-order valence-corrected chi connectivity index (χ1v) is 9.94. The molecule has 0 aromatic heterocycles. The lowest BCUT2D eigenvalue weighted by Crippen LogP contribution is -2.17. The Kier molecular flexibility index (Phi) is 7.46. The lowest BCUT2D eigenvalue weighted by atomic mass is 10.1. The van der Waals surface area contributed by atoms with Gasteiger partial charge in [-0.05, 0) is 63.8 Å². The lowest BCUT2D eigenvalue weighted by molar-refractivity contribution is 0.282. The summed E-state index contributed by atoms with van der Waals surface area (Å²) in [5, 5.41) is 3.35. The Morgan fingerprint density at radius 2 is 1.71 bits per heavy atom. The average Bonchev–Trinajstić information content (AvgIpc) is 2.72. The first-order chi connectivity index (χ1) is 13.7. The van der Waals surface area contributed by atoms with Crippen LogP contribution in [0.3, 0.4) is 0 Å². The molecular formula is C23H23BrFNO2. The molecule has 3 nitrogen and oxygen atoms in total. The second kappa shape index (κ2) is 10.2. The zero-order valence-electron chi connectivity index (χ0n) is 15.8. The second-order valence-corrected chi connectivity index (χ2v) is 7.26. The summed E-state index contributed by atoms with van der Waals surface area (Å²) in [6, 6.07) is 20.8. The highest BCUT2D eigenvalue weighted by Gasteiger charge is 2.12. The quantitative estimate of drug-likeness (QED) is 0.442. The molecule has 1 N–H and O–H groups in total. The molecule has 146 valence electrons. The molecular weight excluding hydrogens is 421 g/mol. The molecule has 0 unspecified atom stereocenters. The number of benzene rings is 3.